The summed E-state index contributed by atoms with van der Waals surface area (Å²) in [7, 11) is 1.31. The molecule has 9 nitrogen and oxygen atoms in total. The molecule has 0 unspecified atom stereocenters. The molecule has 3 aliphatic rings. The van der Waals surface area contributed by atoms with Gasteiger partial charge < -0.3 is 37.9 Å². The zero-order valence-corrected chi connectivity index (χ0v) is 19.4. The van der Waals surface area contributed by atoms with Crippen LogP contribution in [0.2, 0.25) is 0 Å². The van der Waals surface area contributed by atoms with Crippen LogP contribution in [0.5, 0.6) is 0 Å². The van der Waals surface area contributed by atoms with Gasteiger partial charge in [-0.1, -0.05) is 0 Å². The van der Waals surface area contributed by atoms with E-state index in [0.29, 0.717) is 0 Å². The van der Waals surface area contributed by atoms with Crippen molar-refractivity contribution in [3.05, 3.63) is 0 Å². The lowest BCUT2D eigenvalue weighted by atomic mass is 9.89. The first-order valence-electron chi connectivity index (χ1n) is 10.6. The number of carbonyl (C=O) groups excluding carboxylic acids is 1. The van der Waals surface area contributed by atoms with E-state index in [4.69, 9.17) is 37.9 Å². The maximum absolute atomic E-state index is 12.8. The molecule has 174 valence electrons. The molecule has 0 saturated carbocycles. The van der Waals surface area contributed by atoms with E-state index in [1.54, 1.807) is 13.8 Å². The molecule has 0 aromatic heterocycles. The Morgan fingerprint density at radius 2 is 1.57 bits per heavy atom. The number of carbonyl (C=O) groups is 1. The maximum atomic E-state index is 12.8. The average Bonchev–Trinajstić information content (AvgIpc) is 3.08. The Morgan fingerprint density at radius 1 is 0.933 bits per heavy atom. The summed E-state index contributed by atoms with van der Waals surface area (Å²) in [5.74, 6) is -3.83. The molecule has 9 heteroatoms. The van der Waals surface area contributed by atoms with Gasteiger partial charge in [0.2, 0.25) is 5.79 Å². The van der Waals surface area contributed by atoms with Crippen LogP contribution in [0, 0.1) is 0 Å². The maximum Gasteiger partial charge on any atom is 0.337 e. The third-order valence-corrected chi connectivity index (χ3v) is 5.15. The van der Waals surface area contributed by atoms with Crippen LogP contribution in [0.4, 0.5) is 0 Å². The molecular weight excluding hydrogens is 396 g/mol. The highest BCUT2D eigenvalue weighted by Gasteiger charge is 2.70. The van der Waals surface area contributed by atoms with Gasteiger partial charge in [0.15, 0.2) is 23.8 Å². The number of methoxy groups -OCH3 is 1. The van der Waals surface area contributed by atoms with Crippen molar-refractivity contribution in [2.75, 3.05) is 13.7 Å². The summed E-state index contributed by atoms with van der Waals surface area (Å²) in [5.41, 5.74) is 0. The summed E-state index contributed by atoms with van der Waals surface area (Å²) in [6, 6.07) is 0. The summed E-state index contributed by atoms with van der Waals surface area (Å²) in [4.78, 5) is 12.8. The predicted molar refractivity (Wildman–Crippen MR) is 105 cm³/mol. The van der Waals surface area contributed by atoms with E-state index in [-0.39, 0.29) is 24.9 Å². The number of esters is 1. The fourth-order valence-corrected chi connectivity index (χ4v) is 4.36. The van der Waals surface area contributed by atoms with Gasteiger partial charge in [-0.15, -0.1) is 0 Å². The third kappa shape index (κ3) is 4.53. The van der Waals surface area contributed by atoms with Crippen LogP contribution in [0.15, 0.2) is 0 Å². The smallest absolute Gasteiger partial charge is 0.337 e. The van der Waals surface area contributed by atoms with Gasteiger partial charge in [0.1, 0.15) is 18.3 Å². The SMILES string of the molecule is COC(=O)[C@@H](OC(C)C)[C@@H](OC(C)C)[C@@]12OC[C@H]3OC(C)(C)O[C@H]3[C@@H]1OC(C)(C)O2. The van der Waals surface area contributed by atoms with Crippen molar-refractivity contribution < 1.29 is 42.7 Å². The fourth-order valence-electron chi connectivity index (χ4n) is 4.36. The molecule has 0 aliphatic carbocycles. The minimum absolute atomic E-state index is 0.192. The number of fused-ring (bicyclic) bond motifs is 3. The molecule has 6 atom stereocenters. The Hall–Kier alpha value is -0.810. The number of hydrogen-bond donors (Lipinski definition) is 0. The normalized spacial score (nSPS) is 36.4. The van der Waals surface area contributed by atoms with Gasteiger partial charge in [0.25, 0.3) is 0 Å². The van der Waals surface area contributed by atoms with Gasteiger partial charge in [-0.2, -0.15) is 0 Å². The van der Waals surface area contributed by atoms with Crippen LogP contribution < -0.4 is 0 Å². The molecule has 3 aliphatic heterocycles. The molecule has 3 heterocycles. The third-order valence-electron chi connectivity index (χ3n) is 5.15. The lowest BCUT2D eigenvalue weighted by Crippen LogP contribution is -2.68. The van der Waals surface area contributed by atoms with Crippen molar-refractivity contribution in [2.24, 2.45) is 0 Å². The van der Waals surface area contributed by atoms with Crippen LogP contribution >= 0.6 is 0 Å². The van der Waals surface area contributed by atoms with E-state index in [2.05, 4.69) is 0 Å². The summed E-state index contributed by atoms with van der Waals surface area (Å²) in [6.45, 7) is 14.9. The van der Waals surface area contributed by atoms with E-state index < -0.39 is 47.7 Å². The van der Waals surface area contributed by atoms with E-state index in [9.17, 15) is 4.79 Å². The first kappa shape index (κ1) is 23.8. The quantitative estimate of drug-likeness (QED) is 0.561. The molecule has 0 amide bonds. The van der Waals surface area contributed by atoms with Gasteiger partial charge in [0, 0.05) is 0 Å². The van der Waals surface area contributed by atoms with Crippen molar-refractivity contribution in [2.45, 2.75) is 115 Å². The van der Waals surface area contributed by atoms with Gasteiger partial charge in [-0.05, 0) is 55.4 Å². The highest BCUT2D eigenvalue weighted by molar-refractivity contribution is 5.75. The molecule has 3 fully saturated rings. The second-order valence-corrected chi connectivity index (χ2v) is 9.45. The molecule has 0 radical (unpaired) electrons. The summed E-state index contributed by atoms with van der Waals surface area (Å²) in [5, 5.41) is 0. The van der Waals surface area contributed by atoms with Crippen molar-refractivity contribution in [1.29, 1.82) is 0 Å². The summed E-state index contributed by atoms with van der Waals surface area (Å²) in [6.07, 6.45) is -4.09. The summed E-state index contributed by atoms with van der Waals surface area (Å²) < 4.78 is 48.2. The van der Waals surface area contributed by atoms with Crippen molar-refractivity contribution in [3.8, 4) is 0 Å². The zero-order valence-electron chi connectivity index (χ0n) is 19.4. The average molecular weight is 433 g/mol. The van der Waals surface area contributed by atoms with Crippen LogP contribution in [-0.2, 0) is 42.7 Å². The molecule has 3 rings (SSSR count). The minimum atomic E-state index is -1.45. The molecule has 3 saturated heterocycles. The molecular formula is C21H36O9. The molecule has 0 aromatic rings. The Kier molecular flexibility index (Phi) is 6.58. The largest absolute Gasteiger partial charge is 0.467 e. The molecule has 0 spiro atoms. The lowest BCUT2D eigenvalue weighted by Gasteiger charge is -2.46. The van der Waals surface area contributed by atoms with E-state index in [1.165, 1.54) is 7.11 Å². The highest BCUT2D eigenvalue weighted by atomic mass is 16.9. The Morgan fingerprint density at radius 3 is 2.13 bits per heavy atom. The molecule has 0 N–H and O–H groups in total. The molecule has 0 bridgehead atoms. The van der Waals surface area contributed by atoms with Crippen molar-refractivity contribution in [3.63, 3.8) is 0 Å². The Labute approximate surface area is 178 Å². The highest BCUT2D eigenvalue weighted by Crippen LogP contribution is 2.50. The first-order chi connectivity index (χ1) is 13.8. The minimum Gasteiger partial charge on any atom is -0.467 e. The van der Waals surface area contributed by atoms with E-state index in [0.717, 1.165) is 0 Å². The predicted octanol–water partition coefficient (Wildman–Crippen LogP) is 2.14. The van der Waals surface area contributed by atoms with Gasteiger partial charge in [0.05, 0.1) is 25.9 Å². The van der Waals surface area contributed by atoms with E-state index >= 15 is 0 Å². The van der Waals surface area contributed by atoms with Crippen molar-refractivity contribution >= 4 is 5.97 Å². The fraction of sp³-hybridized carbons (Fsp3) is 0.952. The van der Waals surface area contributed by atoms with Crippen LogP contribution in [0.25, 0.3) is 0 Å². The number of rotatable bonds is 7. The van der Waals surface area contributed by atoms with Crippen LogP contribution in [-0.4, -0.2) is 79.8 Å². The standard InChI is InChI=1S/C21H36O9/c1-11(2)25-15(18(22)23-9)16(26-12(3)4)21-17(29-20(7,8)30-21)14-13(10-24-21)27-19(5,6)28-14/h11-17H,10H2,1-9H3/t13-,14-,15+,16-,17+,21+/m1/s1. The molecule has 0 aromatic carbocycles. The number of ether oxygens (including phenoxy) is 8. The van der Waals surface area contributed by atoms with E-state index in [1.807, 2.05) is 41.5 Å². The van der Waals surface area contributed by atoms with Gasteiger partial charge in [-0.25, -0.2) is 4.79 Å². The number of hydrogen-bond acceptors (Lipinski definition) is 9. The van der Waals surface area contributed by atoms with Crippen LogP contribution in [0.3, 0.4) is 0 Å². The lowest BCUT2D eigenvalue weighted by molar-refractivity contribution is -0.342. The van der Waals surface area contributed by atoms with Gasteiger partial charge in [-0.3, -0.25) is 0 Å². The monoisotopic (exact) mass is 432 g/mol. The topological polar surface area (TPSA) is 90.9 Å². The first-order valence-corrected chi connectivity index (χ1v) is 10.6. The van der Waals surface area contributed by atoms with Crippen LogP contribution in [0.1, 0.15) is 55.4 Å². The second-order valence-electron chi connectivity index (χ2n) is 9.45. The Balaban J connectivity index is 2.05. The summed E-state index contributed by atoms with van der Waals surface area (Å²) >= 11 is 0. The van der Waals surface area contributed by atoms with Crippen molar-refractivity contribution in [1.82, 2.24) is 0 Å². The molecule has 30 heavy (non-hydrogen) atoms. The van der Waals surface area contributed by atoms with Gasteiger partial charge >= 0.3 is 5.97 Å². The second kappa shape index (κ2) is 8.27. The zero-order chi connectivity index (χ0) is 22.5. The Bertz CT molecular complexity index is 632.